The molecule has 18 heavy (non-hydrogen) atoms. The molecule has 0 aromatic carbocycles. The summed E-state index contributed by atoms with van der Waals surface area (Å²) in [5.74, 6) is -2.79. The average Bonchev–Trinajstić information content (AvgIpc) is 2.60. The highest BCUT2D eigenvalue weighted by Crippen LogP contribution is 2.20. The number of nitrogens with two attached hydrogens (primary N) is 1. The van der Waals surface area contributed by atoms with Crippen molar-refractivity contribution in [2.45, 2.75) is 44.0 Å². The van der Waals surface area contributed by atoms with Crippen LogP contribution in [-0.2, 0) is 19.1 Å². The molecule has 0 amide bonds. The van der Waals surface area contributed by atoms with Crippen LogP contribution in [0.4, 0.5) is 0 Å². The Kier molecular flexibility index (Phi) is 4.62. The molecular weight excluding hydrogens is 244 g/mol. The van der Waals surface area contributed by atoms with E-state index in [-0.39, 0.29) is 12.8 Å². The number of carboxylic acids is 2. The molecule has 0 unspecified atom stereocenters. The zero-order valence-electron chi connectivity index (χ0n) is 9.83. The van der Waals surface area contributed by atoms with Crippen molar-refractivity contribution in [3.05, 3.63) is 0 Å². The maximum Gasteiger partial charge on any atom is 0.320 e. The molecular formula is C10H16N2O6. The molecule has 0 bridgehead atoms. The second kappa shape index (κ2) is 5.78. The molecule has 5 N–H and O–H groups in total. The van der Waals surface area contributed by atoms with Crippen LogP contribution in [-0.4, -0.2) is 52.4 Å². The smallest absolute Gasteiger partial charge is 0.320 e. The molecule has 102 valence electrons. The van der Waals surface area contributed by atoms with E-state index < -0.39 is 42.1 Å². The Bertz CT molecular complexity index is 358. The van der Waals surface area contributed by atoms with Gasteiger partial charge in [0.25, 0.3) is 0 Å². The van der Waals surface area contributed by atoms with E-state index in [2.05, 4.69) is 5.32 Å². The first kappa shape index (κ1) is 14.4. The molecule has 0 aromatic rings. The molecule has 4 atom stereocenters. The third-order valence-corrected chi connectivity index (χ3v) is 2.77. The maximum absolute atomic E-state index is 10.9. The van der Waals surface area contributed by atoms with Gasteiger partial charge in [-0.2, -0.15) is 0 Å². The van der Waals surface area contributed by atoms with Crippen molar-refractivity contribution in [1.29, 1.82) is 0 Å². The summed E-state index contributed by atoms with van der Waals surface area (Å²) in [6, 6.07) is -2.56. The van der Waals surface area contributed by atoms with Gasteiger partial charge in [0, 0.05) is 19.4 Å². The van der Waals surface area contributed by atoms with Crippen molar-refractivity contribution in [1.82, 2.24) is 5.32 Å². The van der Waals surface area contributed by atoms with E-state index in [9.17, 15) is 14.4 Å². The minimum Gasteiger partial charge on any atom is -0.480 e. The highest BCUT2D eigenvalue weighted by atomic mass is 16.5. The summed E-state index contributed by atoms with van der Waals surface area (Å²) in [4.78, 5) is 32.4. The van der Waals surface area contributed by atoms with Crippen molar-refractivity contribution in [2.24, 2.45) is 5.73 Å². The van der Waals surface area contributed by atoms with Gasteiger partial charge in [0.2, 0.25) is 0 Å². The van der Waals surface area contributed by atoms with Crippen LogP contribution in [0, 0.1) is 0 Å². The minimum absolute atomic E-state index is 0.00292. The van der Waals surface area contributed by atoms with Crippen LogP contribution in [0.3, 0.4) is 0 Å². The van der Waals surface area contributed by atoms with Crippen molar-refractivity contribution >= 4 is 17.9 Å². The highest BCUT2D eigenvalue weighted by Gasteiger charge is 2.40. The monoisotopic (exact) mass is 260 g/mol. The second-order valence-electron chi connectivity index (χ2n) is 4.23. The summed E-state index contributed by atoms with van der Waals surface area (Å²) >= 11 is 0. The van der Waals surface area contributed by atoms with Gasteiger partial charge < -0.3 is 20.7 Å². The van der Waals surface area contributed by atoms with E-state index in [1.165, 1.54) is 6.92 Å². The van der Waals surface area contributed by atoms with Crippen LogP contribution >= 0.6 is 0 Å². The van der Waals surface area contributed by atoms with Crippen LogP contribution in [0.15, 0.2) is 0 Å². The fourth-order valence-electron chi connectivity index (χ4n) is 1.94. The lowest BCUT2D eigenvalue weighted by molar-refractivity contribution is -0.148. The van der Waals surface area contributed by atoms with E-state index in [1.807, 2.05) is 0 Å². The normalized spacial score (nSPS) is 28.7. The zero-order valence-corrected chi connectivity index (χ0v) is 9.83. The lowest BCUT2D eigenvalue weighted by Crippen LogP contribution is -2.44. The van der Waals surface area contributed by atoms with Gasteiger partial charge in [-0.15, -0.1) is 0 Å². The molecule has 0 spiro atoms. The number of nitrogens with one attached hydrogen (secondary N) is 1. The quantitative estimate of drug-likeness (QED) is 0.439. The van der Waals surface area contributed by atoms with Crippen molar-refractivity contribution < 1.29 is 29.3 Å². The number of carboxylic acid groups (broad SMARTS) is 2. The Morgan fingerprint density at radius 3 is 2.50 bits per heavy atom. The maximum atomic E-state index is 10.9. The second-order valence-corrected chi connectivity index (χ2v) is 4.23. The minimum atomic E-state index is -1.18. The van der Waals surface area contributed by atoms with Gasteiger partial charge in [-0.05, 0) is 6.42 Å². The molecule has 1 fully saturated rings. The number of aliphatic carboxylic acids is 2. The molecule has 0 aliphatic carbocycles. The lowest BCUT2D eigenvalue weighted by atomic mass is 10.0. The summed E-state index contributed by atoms with van der Waals surface area (Å²) in [5.41, 5.74) is 5.38. The van der Waals surface area contributed by atoms with Gasteiger partial charge in [0.05, 0.1) is 0 Å². The molecule has 1 aliphatic rings. The number of rotatable bonds is 5. The molecule has 1 aliphatic heterocycles. The van der Waals surface area contributed by atoms with Crippen molar-refractivity contribution in [3.63, 3.8) is 0 Å². The van der Waals surface area contributed by atoms with Gasteiger partial charge in [-0.3, -0.25) is 19.7 Å². The number of esters is 1. The molecule has 1 rings (SSSR count). The predicted octanol–water partition coefficient (Wildman–Crippen LogP) is -1.46. The topological polar surface area (TPSA) is 139 Å². The van der Waals surface area contributed by atoms with Crippen LogP contribution < -0.4 is 11.1 Å². The number of hydrogen-bond acceptors (Lipinski definition) is 6. The standard InChI is InChI=1S/C10H16N2O6/c1-4(13)18-8-3-7(10(16)17)12-6(8)2-5(11)9(14)15/h5-8,12H,2-3,11H2,1H3,(H,14,15)(H,16,17)/t5-,6-,7-,8+/m0/s1. The molecule has 8 nitrogen and oxygen atoms in total. The SMILES string of the molecule is CC(=O)O[C@@H]1C[C@@H](C(=O)O)N[C@H]1C[C@H](N)C(=O)O. The molecule has 1 heterocycles. The highest BCUT2D eigenvalue weighted by molar-refractivity contribution is 5.75. The number of carbonyl (C=O) groups excluding carboxylic acids is 1. The number of hydrogen-bond donors (Lipinski definition) is 4. The molecule has 0 aromatic heterocycles. The van der Waals surface area contributed by atoms with Crippen LogP contribution in [0.1, 0.15) is 19.8 Å². The summed E-state index contributed by atoms with van der Waals surface area (Å²) in [7, 11) is 0. The van der Waals surface area contributed by atoms with Crippen molar-refractivity contribution in [3.8, 4) is 0 Å². The van der Waals surface area contributed by atoms with Gasteiger partial charge in [0.15, 0.2) is 0 Å². The van der Waals surface area contributed by atoms with Crippen LogP contribution in [0.25, 0.3) is 0 Å². The Hall–Kier alpha value is -1.67. The summed E-state index contributed by atoms with van der Waals surface area (Å²) < 4.78 is 4.97. The molecule has 0 saturated carbocycles. The Labute approximate surface area is 103 Å². The predicted molar refractivity (Wildman–Crippen MR) is 58.7 cm³/mol. The molecule has 0 radical (unpaired) electrons. The van der Waals surface area contributed by atoms with Gasteiger partial charge in [-0.1, -0.05) is 0 Å². The fourth-order valence-corrected chi connectivity index (χ4v) is 1.94. The van der Waals surface area contributed by atoms with E-state index in [4.69, 9.17) is 20.7 Å². The summed E-state index contributed by atoms with van der Waals surface area (Å²) in [6.07, 6.45) is -0.572. The third-order valence-electron chi connectivity index (χ3n) is 2.77. The number of ether oxygens (including phenoxy) is 1. The number of carbonyl (C=O) groups is 3. The summed E-state index contributed by atoms with van der Waals surface area (Å²) in [6.45, 7) is 1.21. The molecule has 8 heteroatoms. The van der Waals surface area contributed by atoms with Crippen molar-refractivity contribution in [2.75, 3.05) is 0 Å². The van der Waals surface area contributed by atoms with Crippen LogP contribution in [0.2, 0.25) is 0 Å². The third kappa shape index (κ3) is 3.67. The average molecular weight is 260 g/mol. The van der Waals surface area contributed by atoms with E-state index in [0.29, 0.717) is 0 Å². The van der Waals surface area contributed by atoms with Crippen LogP contribution in [0.5, 0.6) is 0 Å². The zero-order chi connectivity index (χ0) is 13.9. The Morgan fingerprint density at radius 2 is 2.06 bits per heavy atom. The van der Waals surface area contributed by atoms with E-state index in [1.54, 1.807) is 0 Å². The molecule has 1 saturated heterocycles. The fraction of sp³-hybridized carbons (Fsp3) is 0.700. The Morgan fingerprint density at radius 1 is 1.44 bits per heavy atom. The first-order valence-electron chi connectivity index (χ1n) is 5.45. The first-order chi connectivity index (χ1) is 8.31. The van der Waals surface area contributed by atoms with E-state index in [0.717, 1.165) is 0 Å². The van der Waals surface area contributed by atoms with E-state index >= 15 is 0 Å². The van der Waals surface area contributed by atoms with Gasteiger partial charge >= 0.3 is 17.9 Å². The largest absolute Gasteiger partial charge is 0.480 e. The van der Waals surface area contributed by atoms with Gasteiger partial charge in [0.1, 0.15) is 18.2 Å². The first-order valence-corrected chi connectivity index (χ1v) is 5.45. The Balaban J connectivity index is 2.69. The van der Waals surface area contributed by atoms with Gasteiger partial charge in [-0.25, -0.2) is 0 Å². The lowest BCUT2D eigenvalue weighted by Gasteiger charge is -2.20. The summed E-state index contributed by atoms with van der Waals surface area (Å²) in [5, 5.41) is 20.3.